The van der Waals surface area contributed by atoms with Gasteiger partial charge in [0.05, 0.1) is 11.6 Å². The molecule has 2 rings (SSSR count). The van der Waals surface area contributed by atoms with E-state index >= 15 is 0 Å². The lowest BCUT2D eigenvalue weighted by Gasteiger charge is -2.29. The van der Waals surface area contributed by atoms with Crippen molar-refractivity contribution in [1.29, 1.82) is 0 Å². The number of hydrogen-bond acceptors (Lipinski definition) is 3. The number of alkyl halides is 3. The van der Waals surface area contributed by atoms with Crippen molar-refractivity contribution in [2.75, 3.05) is 20.1 Å². The molecule has 1 amide bonds. The molecule has 1 saturated heterocycles. The van der Waals surface area contributed by atoms with Gasteiger partial charge >= 0.3 is 6.18 Å². The Hall–Kier alpha value is -1.65. The van der Waals surface area contributed by atoms with Crippen molar-refractivity contribution in [3.63, 3.8) is 0 Å². The number of carbonyl (C=O) groups excluding carboxylic acids is 1. The van der Waals surface area contributed by atoms with E-state index in [1.807, 2.05) is 0 Å². The van der Waals surface area contributed by atoms with Crippen molar-refractivity contribution in [3.05, 3.63) is 35.4 Å². The number of nitrogens with one attached hydrogen (secondary N) is 1. The van der Waals surface area contributed by atoms with E-state index in [-0.39, 0.29) is 24.1 Å². The summed E-state index contributed by atoms with van der Waals surface area (Å²) in [6.45, 7) is 3.80. The molecular formula is C17H24F3N3O3S. The standard InChI is InChI=1S/C17H24F3N3O3S/c1-12(2)22(3)27(25,26)21-15(11-23-9-5-8-16(23)24)13-6-4-7-14(10-13)17(18,19)20/h4,6-7,10,12,15,21H,5,8-9,11H2,1-3H3. The molecule has 0 aliphatic carbocycles. The van der Waals surface area contributed by atoms with Crippen LogP contribution in [0.1, 0.15) is 43.9 Å². The number of halogens is 3. The average Bonchev–Trinajstić information content (AvgIpc) is 2.97. The van der Waals surface area contributed by atoms with E-state index in [9.17, 15) is 26.4 Å². The van der Waals surface area contributed by atoms with Crippen molar-refractivity contribution < 1.29 is 26.4 Å². The molecule has 1 unspecified atom stereocenters. The van der Waals surface area contributed by atoms with E-state index in [2.05, 4.69) is 4.72 Å². The van der Waals surface area contributed by atoms with E-state index in [1.54, 1.807) is 13.8 Å². The van der Waals surface area contributed by atoms with Crippen LogP contribution < -0.4 is 4.72 Å². The van der Waals surface area contributed by atoms with E-state index in [1.165, 1.54) is 24.1 Å². The van der Waals surface area contributed by atoms with E-state index in [0.717, 1.165) is 16.4 Å². The molecule has 1 aromatic carbocycles. The molecule has 6 nitrogen and oxygen atoms in total. The minimum absolute atomic E-state index is 0.0225. The number of benzene rings is 1. The highest BCUT2D eigenvalue weighted by Gasteiger charge is 2.33. The first-order valence-electron chi connectivity index (χ1n) is 8.62. The Morgan fingerprint density at radius 1 is 1.30 bits per heavy atom. The molecule has 0 radical (unpaired) electrons. The fraction of sp³-hybridized carbons (Fsp3) is 0.588. The first-order valence-corrected chi connectivity index (χ1v) is 10.1. The molecule has 0 bridgehead atoms. The number of rotatable bonds is 7. The first-order chi connectivity index (χ1) is 12.4. The monoisotopic (exact) mass is 407 g/mol. The molecule has 1 heterocycles. The molecule has 1 atom stereocenters. The third-order valence-corrected chi connectivity index (χ3v) is 6.35. The Bertz CT molecular complexity index is 781. The predicted molar refractivity (Wildman–Crippen MR) is 95.0 cm³/mol. The predicted octanol–water partition coefficient (Wildman–Crippen LogP) is 2.54. The summed E-state index contributed by atoms with van der Waals surface area (Å²) in [4.78, 5) is 13.4. The van der Waals surface area contributed by atoms with E-state index in [0.29, 0.717) is 19.4 Å². The molecule has 152 valence electrons. The normalized spacial score (nSPS) is 17.2. The third kappa shape index (κ3) is 5.43. The number of carbonyl (C=O) groups is 1. The van der Waals surface area contributed by atoms with Crippen LogP contribution in [0.3, 0.4) is 0 Å². The maximum Gasteiger partial charge on any atom is 0.416 e. The van der Waals surface area contributed by atoms with Crippen molar-refractivity contribution in [1.82, 2.24) is 13.9 Å². The largest absolute Gasteiger partial charge is 0.416 e. The Labute approximate surface area is 157 Å². The first kappa shape index (κ1) is 21.6. The molecule has 1 fully saturated rings. The summed E-state index contributed by atoms with van der Waals surface area (Å²) in [5.41, 5.74) is -0.709. The maximum atomic E-state index is 13.1. The van der Waals surface area contributed by atoms with Crippen molar-refractivity contribution in [2.45, 2.75) is 44.9 Å². The Balaban J connectivity index is 2.37. The minimum Gasteiger partial charge on any atom is -0.341 e. The zero-order valence-electron chi connectivity index (χ0n) is 15.5. The summed E-state index contributed by atoms with van der Waals surface area (Å²) in [6, 6.07) is 3.19. The van der Waals surface area contributed by atoms with Gasteiger partial charge in [0.1, 0.15) is 0 Å². The Kier molecular flexibility index (Phi) is 6.54. The average molecular weight is 407 g/mol. The zero-order valence-corrected chi connectivity index (χ0v) is 16.3. The molecule has 1 aliphatic heterocycles. The summed E-state index contributed by atoms with van der Waals surface area (Å²) in [5, 5.41) is 0. The number of likely N-dealkylation sites (tertiary alicyclic amines) is 1. The number of nitrogens with zero attached hydrogens (tertiary/aromatic N) is 2. The lowest BCUT2D eigenvalue weighted by molar-refractivity contribution is -0.137. The summed E-state index contributed by atoms with van der Waals surface area (Å²) in [5.74, 6) is -0.136. The third-order valence-electron chi connectivity index (χ3n) is 4.59. The summed E-state index contributed by atoms with van der Waals surface area (Å²) < 4.78 is 67.9. The van der Waals surface area contributed by atoms with E-state index < -0.39 is 28.0 Å². The van der Waals surface area contributed by atoms with Gasteiger partial charge in [-0.1, -0.05) is 12.1 Å². The molecule has 1 aromatic rings. The van der Waals surface area contributed by atoms with Gasteiger partial charge in [0.25, 0.3) is 10.2 Å². The highest BCUT2D eigenvalue weighted by atomic mass is 32.2. The van der Waals surface area contributed by atoms with Gasteiger partial charge in [0.15, 0.2) is 0 Å². The van der Waals surface area contributed by atoms with Crippen LogP contribution in [-0.2, 0) is 21.2 Å². The second-order valence-electron chi connectivity index (χ2n) is 6.85. The van der Waals surface area contributed by atoms with Crippen LogP contribution in [-0.4, -0.2) is 49.7 Å². The number of amides is 1. The highest BCUT2D eigenvalue weighted by molar-refractivity contribution is 7.87. The van der Waals surface area contributed by atoms with Crippen LogP contribution >= 0.6 is 0 Å². The van der Waals surface area contributed by atoms with Gasteiger partial charge in [0.2, 0.25) is 5.91 Å². The quantitative estimate of drug-likeness (QED) is 0.755. The van der Waals surface area contributed by atoms with Crippen LogP contribution in [0.2, 0.25) is 0 Å². The van der Waals surface area contributed by atoms with Gasteiger partial charge in [-0.2, -0.15) is 30.6 Å². The lowest BCUT2D eigenvalue weighted by Crippen LogP contribution is -2.46. The second kappa shape index (κ2) is 8.15. The molecule has 0 aromatic heterocycles. The Morgan fingerprint density at radius 2 is 1.96 bits per heavy atom. The highest BCUT2D eigenvalue weighted by Crippen LogP contribution is 2.31. The minimum atomic E-state index is -4.54. The van der Waals surface area contributed by atoms with Crippen molar-refractivity contribution in [3.8, 4) is 0 Å². The molecule has 10 heteroatoms. The van der Waals surface area contributed by atoms with Gasteiger partial charge < -0.3 is 4.90 Å². The summed E-state index contributed by atoms with van der Waals surface area (Å²) >= 11 is 0. The van der Waals surface area contributed by atoms with Crippen LogP contribution in [0.5, 0.6) is 0 Å². The Morgan fingerprint density at radius 3 is 2.48 bits per heavy atom. The molecule has 1 N–H and O–H groups in total. The van der Waals surface area contributed by atoms with Gasteiger partial charge in [-0.25, -0.2) is 0 Å². The van der Waals surface area contributed by atoms with Gasteiger partial charge in [-0.3, -0.25) is 4.79 Å². The SMILES string of the molecule is CC(C)N(C)S(=O)(=O)NC(CN1CCCC1=O)c1cccc(C(F)(F)F)c1. The second-order valence-corrected chi connectivity index (χ2v) is 8.61. The fourth-order valence-electron chi connectivity index (χ4n) is 2.80. The van der Waals surface area contributed by atoms with Gasteiger partial charge in [-0.15, -0.1) is 0 Å². The number of hydrogen-bond donors (Lipinski definition) is 1. The molecule has 0 spiro atoms. The molecule has 1 aliphatic rings. The maximum absolute atomic E-state index is 13.1. The summed E-state index contributed by atoms with van der Waals surface area (Å²) in [6.07, 6.45) is -3.54. The van der Waals surface area contributed by atoms with Crippen molar-refractivity contribution >= 4 is 16.1 Å². The molecular weight excluding hydrogens is 383 g/mol. The molecule has 27 heavy (non-hydrogen) atoms. The topological polar surface area (TPSA) is 69.7 Å². The van der Waals surface area contributed by atoms with Gasteiger partial charge in [-0.05, 0) is 38.0 Å². The van der Waals surface area contributed by atoms with Crippen LogP contribution in [0.25, 0.3) is 0 Å². The van der Waals surface area contributed by atoms with Crippen LogP contribution in [0.4, 0.5) is 13.2 Å². The van der Waals surface area contributed by atoms with Gasteiger partial charge in [0, 0.05) is 32.6 Å². The molecule has 0 saturated carbocycles. The van der Waals surface area contributed by atoms with Crippen LogP contribution in [0, 0.1) is 0 Å². The fourth-order valence-corrected chi connectivity index (χ4v) is 4.09. The smallest absolute Gasteiger partial charge is 0.341 e. The van der Waals surface area contributed by atoms with Crippen LogP contribution in [0.15, 0.2) is 24.3 Å². The van der Waals surface area contributed by atoms with E-state index in [4.69, 9.17) is 0 Å². The zero-order chi connectivity index (χ0) is 20.4. The summed E-state index contributed by atoms with van der Waals surface area (Å²) in [7, 11) is -2.56. The lowest BCUT2D eigenvalue weighted by atomic mass is 10.0. The van der Waals surface area contributed by atoms with Crippen molar-refractivity contribution in [2.24, 2.45) is 0 Å².